The van der Waals surface area contributed by atoms with Crippen LogP contribution in [0.3, 0.4) is 0 Å². The average molecular weight is 282 g/mol. The molecule has 10 atom stereocenters. The highest BCUT2D eigenvalue weighted by molar-refractivity contribution is 5.14. The first-order valence-corrected chi connectivity index (χ1v) is 7.75. The molecule has 0 aliphatic carbocycles. The Hall–Kier alpha value is -0.240. The van der Waals surface area contributed by atoms with Gasteiger partial charge in [-0.1, -0.05) is 0 Å². The van der Waals surface area contributed by atoms with Gasteiger partial charge in [0.15, 0.2) is 0 Å². The van der Waals surface area contributed by atoms with Gasteiger partial charge in [0.05, 0.1) is 12.2 Å². The molecule has 0 spiro atoms. The van der Waals surface area contributed by atoms with Crippen molar-refractivity contribution in [3.63, 3.8) is 0 Å². The fourth-order valence-electron chi connectivity index (χ4n) is 4.90. The summed E-state index contributed by atoms with van der Waals surface area (Å²) in [4.78, 5) is 0. The Morgan fingerprint density at radius 2 is 0.850 bits per heavy atom. The highest BCUT2D eigenvalue weighted by atomic mass is 16.7. The molecule has 6 heterocycles. The van der Waals surface area contributed by atoms with E-state index in [1.54, 1.807) is 0 Å². The molecule has 0 aromatic carbocycles. The van der Waals surface area contributed by atoms with Crippen molar-refractivity contribution in [2.75, 3.05) is 13.2 Å². The second-order valence-electron chi connectivity index (χ2n) is 6.66. The van der Waals surface area contributed by atoms with Crippen molar-refractivity contribution in [2.24, 2.45) is 0 Å². The summed E-state index contributed by atoms with van der Waals surface area (Å²) in [7, 11) is 0. The Bertz CT molecular complexity index is 403. The zero-order valence-electron chi connectivity index (χ0n) is 11.1. The van der Waals surface area contributed by atoms with E-state index in [0.29, 0.717) is 0 Å². The van der Waals surface area contributed by atoms with Crippen molar-refractivity contribution in [1.29, 1.82) is 0 Å². The van der Waals surface area contributed by atoms with Crippen LogP contribution in [0.15, 0.2) is 0 Å². The van der Waals surface area contributed by atoms with E-state index >= 15 is 0 Å². The first kappa shape index (κ1) is 11.3. The summed E-state index contributed by atoms with van der Waals surface area (Å²) in [5.41, 5.74) is 0. The van der Waals surface area contributed by atoms with E-state index < -0.39 is 0 Å². The molecule has 20 heavy (non-hydrogen) atoms. The van der Waals surface area contributed by atoms with E-state index in [9.17, 15) is 0 Å². The van der Waals surface area contributed by atoms with Gasteiger partial charge in [-0.05, 0) is 12.8 Å². The lowest BCUT2D eigenvalue weighted by molar-refractivity contribution is -0.0896. The summed E-state index contributed by atoms with van der Waals surface area (Å²) in [6.07, 6.45) is 2.49. The van der Waals surface area contributed by atoms with Crippen LogP contribution in [0.4, 0.5) is 0 Å². The number of rotatable bonds is 0. The molecule has 6 saturated heterocycles. The monoisotopic (exact) mass is 282 g/mol. The van der Waals surface area contributed by atoms with Gasteiger partial charge in [0.1, 0.15) is 48.8 Å². The van der Waals surface area contributed by atoms with Crippen molar-refractivity contribution >= 4 is 0 Å². The SMILES string of the molecule is C1CC2OC3C(OC4C5OC6CCOC6C5OC34)C2O1. The maximum atomic E-state index is 6.25. The molecule has 0 bridgehead atoms. The maximum absolute atomic E-state index is 6.25. The molecule has 0 N–H and O–H groups in total. The predicted octanol–water partition coefficient (Wildman–Crippen LogP) is -0.366. The minimum absolute atomic E-state index is 0.00403. The smallest absolute Gasteiger partial charge is 0.116 e. The van der Waals surface area contributed by atoms with Crippen LogP contribution >= 0.6 is 0 Å². The fourth-order valence-corrected chi connectivity index (χ4v) is 4.90. The Kier molecular flexibility index (Phi) is 2.12. The standard InChI is InChI=1S/C14H18O6/c1-3-15-7-5(1)17-11-9(7)19-14-12-10(20-13(11)14)8-6(18-12)2-4-16-8/h5-14H,1-4H2. The molecule has 0 aromatic rings. The first-order chi connectivity index (χ1) is 9.90. The van der Waals surface area contributed by atoms with Crippen LogP contribution in [0.5, 0.6) is 0 Å². The number of fused-ring (bicyclic) bond motifs is 9. The van der Waals surface area contributed by atoms with Gasteiger partial charge < -0.3 is 28.4 Å². The second kappa shape index (κ2) is 3.74. The van der Waals surface area contributed by atoms with Crippen LogP contribution in [-0.2, 0) is 28.4 Å². The fraction of sp³-hybridized carbons (Fsp3) is 1.00. The number of hydrogen-bond donors (Lipinski definition) is 0. The molecule has 10 unspecified atom stereocenters. The summed E-state index contributed by atoms with van der Waals surface area (Å²) in [5.74, 6) is 0. The summed E-state index contributed by atoms with van der Waals surface area (Å²) < 4.78 is 36.3. The average Bonchev–Trinajstić information content (AvgIpc) is 3.14. The van der Waals surface area contributed by atoms with Gasteiger partial charge in [-0.15, -0.1) is 0 Å². The van der Waals surface area contributed by atoms with E-state index in [-0.39, 0.29) is 61.0 Å². The summed E-state index contributed by atoms with van der Waals surface area (Å²) in [6.45, 7) is 1.55. The Morgan fingerprint density at radius 1 is 0.450 bits per heavy atom. The minimum Gasteiger partial charge on any atom is -0.373 e. The van der Waals surface area contributed by atoms with E-state index in [2.05, 4.69) is 0 Å². The molecule has 6 fully saturated rings. The zero-order valence-corrected chi connectivity index (χ0v) is 11.1. The first-order valence-electron chi connectivity index (χ1n) is 7.75. The van der Waals surface area contributed by atoms with Crippen molar-refractivity contribution < 1.29 is 28.4 Å². The van der Waals surface area contributed by atoms with Gasteiger partial charge >= 0.3 is 0 Å². The van der Waals surface area contributed by atoms with E-state index in [4.69, 9.17) is 28.4 Å². The Labute approximate surface area is 116 Å². The lowest BCUT2D eigenvalue weighted by Crippen LogP contribution is -2.37. The Morgan fingerprint density at radius 3 is 1.35 bits per heavy atom. The summed E-state index contributed by atoms with van der Waals surface area (Å²) in [5, 5.41) is 0. The molecule has 6 rings (SSSR count). The van der Waals surface area contributed by atoms with Gasteiger partial charge in [-0.2, -0.15) is 0 Å². The van der Waals surface area contributed by atoms with Gasteiger partial charge in [0.2, 0.25) is 0 Å². The topological polar surface area (TPSA) is 55.4 Å². The quantitative estimate of drug-likeness (QED) is 0.604. The number of ether oxygens (including phenoxy) is 6. The molecule has 110 valence electrons. The van der Waals surface area contributed by atoms with Crippen molar-refractivity contribution in [3.05, 3.63) is 0 Å². The zero-order chi connectivity index (χ0) is 12.8. The third kappa shape index (κ3) is 1.23. The van der Waals surface area contributed by atoms with Crippen molar-refractivity contribution in [3.8, 4) is 0 Å². The molecule has 0 saturated carbocycles. The summed E-state index contributed by atoms with van der Waals surface area (Å²) >= 11 is 0. The lowest BCUT2D eigenvalue weighted by atomic mass is 10.0. The van der Waals surface area contributed by atoms with Gasteiger partial charge in [0.25, 0.3) is 0 Å². The molecular formula is C14H18O6. The normalized spacial score (nSPS) is 66.0. The second-order valence-corrected chi connectivity index (χ2v) is 6.66. The molecule has 6 aliphatic rings. The van der Waals surface area contributed by atoms with E-state index in [1.165, 1.54) is 0 Å². The number of hydrogen-bond acceptors (Lipinski definition) is 6. The predicted molar refractivity (Wildman–Crippen MR) is 63.4 cm³/mol. The lowest BCUT2D eigenvalue weighted by Gasteiger charge is -2.20. The van der Waals surface area contributed by atoms with Crippen LogP contribution in [0.1, 0.15) is 12.8 Å². The van der Waals surface area contributed by atoms with Crippen LogP contribution in [-0.4, -0.2) is 74.3 Å². The van der Waals surface area contributed by atoms with E-state index in [1.807, 2.05) is 0 Å². The van der Waals surface area contributed by atoms with Crippen molar-refractivity contribution in [1.82, 2.24) is 0 Å². The highest BCUT2D eigenvalue weighted by Crippen LogP contribution is 2.50. The molecule has 0 amide bonds. The molecule has 6 aliphatic heterocycles. The van der Waals surface area contributed by atoms with E-state index in [0.717, 1.165) is 26.1 Å². The largest absolute Gasteiger partial charge is 0.373 e. The third-order valence-corrected chi connectivity index (χ3v) is 5.72. The third-order valence-electron chi connectivity index (χ3n) is 5.72. The molecule has 6 nitrogen and oxygen atoms in total. The Balaban J connectivity index is 1.29. The highest BCUT2D eigenvalue weighted by Gasteiger charge is 2.68. The maximum Gasteiger partial charge on any atom is 0.116 e. The molecule has 6 heteroatoms. The van der Waals surface area contributed by atoms with Crippen LogP contribution < -0.4 is 0 Å². The van der Waals surface area contributed by atoms with Gasteiger partial charge in [-0.3, -0.25) is 0 Å². The summed E-state index contributed by atoms with van der Waals surface area (Å²) in [6, 6.07) is 0. The van der Waals surface area contributed by atoms with Crippen LogP contribution in [0.25, 0.3) is 0 Å². The van der Waals surface area contributed by atoms with Crippen molar-refractivity contribution in [2.45, 2.75) is 73.9 Å². The van der Waals surface area contributed by atoms with Crippen LogP contribution in [0.2, 0.25) is 0 Å². The van der Waals surface area contributed by atoms with Gasteiger partial charge in [-0.25, -0.2) is 0 Å². The molecule has 0 radical (unpaired) electrons. The molecule has 0 aromatic heterocycles. The van der Waals surface area contributed by atoms with Crippen LogP contribution in [0, 0.1) is 0 Å². The van der Waals surface area contributed by atoms with Gasteiger partial charge in [0, 0.05) is 13.2 Å². The minimum atomic E-state index is -0.0191. The molecular weight excluding hydrogens is 264 g/mol.